The second-order valence-corrected chi connectivity index (χ2v) is 7.52. The molecular formula is C16H33N. The first-order chi connectivity index (χ1) is 7.80. The highest BCUT2D eigenvalue weighted by Crippen LogP contribution is 2.39. The van der Waals surface area contributed by atoms with E-state index >= 15 is 0 Å². The molecule has 1 aliphatic rings. The van der Waals surface area contributed by atoms with Crippen LogP contribution in [0.5, 0.6) is 0 Å². The van der Waals surface area contributed by atoms with E-state index in [0.29, 0.717) is 10.8 Å². The van der Waals surface area contributed by atoms with Crippen molar-refractivity contribution in [2.24, 2.45) is 22.7 Å². The van der Waals surface area contributed by atoms with E-state index in [1.165, 1.54) is 38.8 Å². The largest absolute Gasteiger partial charge is 0.316 e. The second kappa shape index (κ2) is 5.73. The van der Waals surface area contributed by atoms with Gasteiger partial charge in [-0.05, 0) is 48.6 Å². The second-order valence-electron chi connectivity index (χ2n) is 7.52. The Kier molecular flexibility index (Phi) is 5.07. The molecule has 0 aromatic rings. The highest BCUT2D eigenvalue weighted by atomic mass is 14.9. The molecule has 1 N–H and O–H groups in total. The summed E-state index contributed by atoms with van der Waals surface area (Å²) >= 11 is 0. The molecule has 0 spiro atoms. The minimum atomic E-state index is 0.502. The van der Waals surface area contributed by atoms with Gasteiger partial charge in [-0.1, -0.05) is 54.4 Å². The van der Waals surface area contributed by atoms with Gasteiger partial charge in [0.25, 0.3) is 0 Å². The summed E-state index contributed by atoms with van der Waals surface area (Å²) in [5.41, 5.74) is 1.02. The molecule has 2 unspecified atom stereocenters. The minimum Gasteiger partial charge on any atom is -0.316 e. The van der Waals surface area contributed by atoms with E-state index in [9.17, 15) is 0 Å². The molecule has 1 nitrogen and oxygen atoms in total. The molecule has 0 amide bonds. The number of hydrogen-bond donors (Lipinski definition) is 1. The molecule has 2 atom stereocenters. The van der Waals surface area contributed by atoms with E-state index in [2.05, 4.69) is 46.9 Å². The normalized spacial score (nSPS) is 27.2. The molecule has 1 rings (SSSR count). The van der Waals surface area contributed by atoms with Gasteiger partial charge in [0.15, 0.2) is 0 Å². The number of nitrogens with one attached hydrogen (secondary N) is 1. The molecule has 17 heavy (non-hydrogen) atoms. The van der Waals surface area contributed by atoms with Crippen LogP contribution in [-0.2, 0) is 0 Å². The first-order valence-corrected chi connectivity index (χ1v) is 7.51. The SMILES string of the molecule is CCC(C)(C)CC1CNCC(C(C)(C)CC)C1. The van der Waals surface area contributed by atoms with Gasteiger partial charge in [-0.3, -0.25) is 0 Å². The highest BCUT2D eigenvalue weighted by Gasteiger charge is 2.34. The van der Waals surface area contributed by atoms with E-state index in [-0.39, 0.29) is 0 Å². The van der Waals surface area contributed by atoms with Crippen LogP contribution in [0.25, 0.3) is 0 Å². The number of rotatable bonds is 5. The summed E-state index contributed by atoms with van der Waals surface area (Å²) in [7, 11) is 0. The first-order valence-electron chi connectivity index (χ1n) is 7.51. The van der Waals surface area contributed by atoms with E-state index in [4.69, 9.17) is 0 Å². The Morgan fingerprint density at radius 3 is 2.18 bits per heavy atom. The monoisotopic (exact) mass is 239 g/mol. The molecule has 0 aromatic heterocycles. The summed E-state index contributed by atoms with van der Waals surface area (Å²) in [4.78, 5) is 0. The van der Waals surface area contributed by atoms with Crippen LogP contribution in [0.1, 0.15) is 67.2 Å². The zero-order valence-electron chi connectivity index (χ0n) is 12.9. The summed E-state index contributed by atoms with van der Waals surface area (Å²) in [5, 5.41) is 3.67. The van der Waals surface area contributed by atoms with Crippen molar-refractivity contribution in [3.05, 3.63) is 0 Å². The van der Waals surface area contributed by atoms with Gasteiger partial charge in [0.2, 0.25) is 0 Å². The zero-order valence-corrected chi connectivity index (χ0v) is 12.9. The predicted octanol–water partition coefficient (Wildman–Crippen LogP) is 4.47. The lowest BCUT2D eigenvalue weighted by Gasteiger charge is -2.42. The van der Waals surface area contributed by atoms with Crippen LogP contribution in [0.3, 0.4) is 0 Å². The standard InChI is InChI=1S/C16H33N/c1-7-15(3,4)10-13-9-14(12-17-11-13)16(5,6)8-2/h13-14,17H,7-12H2,1-6H3. The summed E-state index contributed by atoms with van der Waals surface area (Å²) in [6, 6.07) is 0. The van der Waals surface area contributed by atoms with Crippen molar-refractivity contribution in [2.75, 3.05) is 13.1 Å². The third-order valence-electron chi connectivity index (χ3n) is 5.26. The molecule has 0 bridgehead atoms. The Bertz CT molecular complexity index is 230. The fourth-order valence-corrected chi connectivity index (χ4v) is 3.00. The van der Waals surface area contributed by atoms with Gasteiger partial charge in [0.05, 0.1) is 0 Å². The fraction of sp³-hybridized carbons (Fsp3) is 1.00. The molecule has 1 heterocycles. The van der Waals surface area contributed by atoms with Gasteiger partial charge in [-0.25, -0.2) is 0 Å². The fourth-order valence-electron chi connectivity index (χ4n) is 3.00. The summed E-state index contributed by atoms with van der Waals surface area (Å²) < 4.78 is 0. The van der Waals surface area contributed by atoms with Gasteiger partial charge in [0.1, 0.15) is 0 Å². The van der Waals surface area contributed by atoms with Crippen molar-refractivity contribution in [1.82, 2.24) is 5.32 Å². The van der Waals surface area contributed by atoms with Gasteiger partial charge in [-0.2, -0.15) is 0 Å². The van der Waals surface area contributed by atoms with Gasteiger partial charge in [-0.15, -0.1) is 0 Å². The minimum absolute atomic E-state index is 0.502. The lowest BCUT2D eigenvalue weighted by atomic mass is 9.68. The van der Waals surface area contributed by atoms with Crippen molar-refractivity contribution in [3.63, 3.8) is 0 Å². The maximum Gasteiger partial charge on any atom is -0.00152 e. The van der Waals surface area contributed by atoms with Crippen LogP contribution < -0.4 is 5.32 Å². The molecular weight excluding hydrogens is 206 g/mol. The van der Waals surface area contributed by atoms with Crippen molar-refractivity contribution >= 4 is 0 Å². The molecule has 0 radical (unpaired) electrons. The van der Waals surface area contributed by atoms with E-state index in [0.717, 1.165) is 11.8 Å². The molecule has 102 valence electrons. The molecule has 1 saturated heterocycles. The van der Waals surface area contributed by atoms with Crippen LogP contribution in [0, 0.1) is 22.7 Å². The van der Waals surface area contributed by atoms with E-state index in [1.807, 2.05) is 0 Å². The van der Waals surface area contributed by atoms with Crippen molar-refractivity contribution < 1.29 is 0 Å². The van der Waals surface area contributed by atoms with Gasteiger partial charge < -0.3 is 5.32 Å². The Labute approximate surface area is 109 Å². The summed E-state index contributed by atoms with van der Waals surface area (Å²) in [5.74, 6) is 1.74. The molecule has 0 aliphatic carbocycles. The van der Waals surface area contributed by atoms with Crippen LogP contribution in [0.2, 0.25) is 0 Å². The van der Waals surface area contributed by atoms with Crippen LogP contribution in [0.15, 0.2) is 0 Å². The lowest BCUT2D eigenvalue weighted by molar-refractivity contribution is 0.110. The molecule has 1 fully saturated rings. The predicted molar refractivity (Wildman–Crippen MR) is 77.2 cm³/mol. The quantitative estimate of drug-likeness (QED) is 0.746. The Balaban J connectivity index is 2.55. The third-order valence-corrected chi connectivity index (χ3v) is 5.26. The number of hydrogen-bond acceptors (Lipinski definition) is 1. The van der Waals surface area contributed by atoms with Crippen molar-refractivity contribution in [1.29, 1.82) is 0 Å². The van der Waals surface area contributed by atoms with Gasteiger partial charge in [0, 0.05) is 0 Å². The summed E-state index contributed by atoms with van der Waals surface area (Å²) in [6.07, 6.45) is 5.40. The first kappa shape index (κ1) is 15.0. The Morgan fingerprint density at radius 1 is 1.00 bits per heavy atom. The topological polar surface area (TPSA) is 12.0 Å². The average Bonchev–Trinajstić information content (AvgIpc) is 2.29. The molecule has 1 heteroatoms. The molecule has 0 aromatic carbocycles. The highest BCUT2D eigenvalue weighted by molar-refractivity contribution is 4.87. The van der Waals surface area contributed by atoms with E-state index in [1.54, 1.807) is 0 Å². The smallest absolute Gasteiger partial charge is 0.00152 e. The molecule has 0 saturated carbocycles. The maximum absolute atomic E-state index is 3.67. The Hall–Kier alpha value is -0.0400. The van der Waals surface area contributed by atoms with Crippen LogP contribution >= 0.6 is 0 Å². The maximum atomic E-state index is 3.67. The van der Waals surface area contributed by atoms with Gasteiger partial charge >= 0.3 is 0 Å². The Morgan fingerprint density at radius 2 is 1.65 bits per heavy atom. The number of piperidine rings is 1. The summed E-state index contributed by atoms with van der Waals surface area (Å²) in [6.45, 7) is 16.8. The van der Waals surface area contributed by atoms with Crippen LogP contribution in [-0.4, -0.2) is 13.1 Å². The lowest BCUT2D eigenvalue weighted by Crippen LogP contribution is -2.43. The van der Waals surface area contributed by atoms with Crippen molar-refractivity contribution in [2.45, 2.75) is 67.2 Å². The van der Waals surface area contributed by atoms with Crippen molar-refractivity contribution in [3.8, 4) is 0 Å². The average molecular weight is 239 g/mol. The zero-order chi connectivity index (χ0) is 13.1. The third kappa shape index (κ3) is 4.28. The van der Waals surface area contributed by atoms with E-state index < -0.39 is 0 Å². The van der Waals surface area contributed by atoms with Crippen LogP contribution in [0.4, 0.5) is 0 Å². The molecule has 1 aliphatic heterocycles.